The minimum absolute atomic E-state index is 0.0837. The summed E-state index contributed by atoms with van der Waals surface area (Å²) >= 11 is 0. The van der Waals surface area contributed by atoms with Gasteiger partial charge in [0.05, 0.1) is 17.4 Å². The van der Waals surface area contributed by atoms with Crippen LogP contribution in [0.25, 0.3) is 0 Å². The average molecular weight is 406 g/mol. The fraction of sp³-hybridized carbons (Fsp3) is 0.263. The van der Waals surface area contributed by atoms with Gasteiger partial charge in [0.1, 0.15) is 11.6 Å². The molecule has 0 radical (unpaired) electrons. The first-order valence-corrected chi connectivity index (χ1v) is 10.4. The molecule has 0 aliphatic rings. The highest BCUT2D eigenvalue weighted by atomic mass is 32.2. The zero-order chi connectivity index (χ0) is 20.7. The van der Waals surface area contributed by atoms with E-state index in [2.05, 4.69) is 15.6 Å². The summed E-state index contributed by atoms with van der Waals surface area (Å²) < 4.78 is 50.6. The van der Waals surface area contributed by atoms with Gasteiger partial charge in [-0.2, -0.15) is 5.26 Å². The highest BCUT2D eigenvalue weighted by molar-refractivity contribution is 7.89. The van der Waals surface area contributed by atoms with Crippen molar-refractivity contribution in [3.8, 4) is 6.07 Å². The van der Waals surface area contributed by atoms with Gasteiger partial charge < -0.3 is 10.6 Å². The van der Waals surface area contributed by atoms with Gasteiger partial charge >= 0.3 is 0 Å². The molecule has 0 fully saturated rings. The van der Waals surface area contributed by atoms with Crippen molar-refractivity contribution in [2.24, 2.45) is 4.99 Å². The van der Waals surface area contributed by atoms with Gasteiger partial charge in [-0.05, 0) is 41.5 Å². The molecular weight excluding hydrogens is 386 g/mol. The predicted octanol–water partition coefficient (Wildman–Crippen LogP) is 2.25. The number of aliphatic imine (C=N–C) groups is 1. The molecule has 0 amide bonds. The highest BCUT2D eigenvalue weighted by Gasteiger charge is 2.11. The van der Waals surface area contributed by atoms with Crippen LogP contribution in [0.2, 0.25) is 0 Å². The zero-order valence-electron chi connectivity index (χ0n) is 15.5. The van der Waals surface area contributed by atoms with E-state index in [1.807, 2.05) is 6.07 Å². The van der Waals surface area contributed by atoms with Crippen LogP contribution in [0, 0.1) is 23.0 Å². The third-order valence-corrected chi connectivity index (χ3v) is 4.71. The Morgan fingerprint density at radius 2 is 1.75 bits per heavy atom. The van der Waals surface area contributed by atoms with Crippen molar-refractivity contribution in [3.05, 3.63) is 70.3 Å². The first-order valence-electron chi connectivity index (χ1n) is 8.30. The number of hydrogen-bond acceptors (Lipinski definition) is 4. The molecule has 2 aromatic carbocycles. The highest BCUT2D eigenvalue weighted by Crippen LogP contribution is 2.14. The predicted molar refractivity (Wildman–Crippen MR) is 103 cm³/mol. The second-order valence-electron chi connectivity index (χ2n) is 6.18. The van der Waals surface area contributed by atoms with Gasteiger partial charge in [-0.15, -0.1) is 0 Å². The van der Waals surface area contributed by atoms with Crippen molar-refractivity contribution < 1.29 is 17.2 Å². The van der Waals surface area contributed by atoms with Crippen LogP contribution < -0.4 is 10.6 Å². The molecule has 0 aliphatic heterocycles. The van der Waals surface area contributed by atoms with Crippen molar-refractivity contribution in [1.29, 1.82) is 5.26 Å². The molecule has 28 heavy (non-hydrogen) atoms. The van der Waals surface area contributed by atoms with Crippen LogP contribution in [0.3, 0.4) is 0 Å². The molecule has 0 aromatic heterocycles. The summed E-state index contributed by atoms with van der Waals surface area (Å²) in [5.74, 6) is -0.825. The third kappa shape index (κ3) is 6.32. The van der Waals surface area contributed by atoms with Crippen LogP contribution in [-0.4, -0.2) is 27.7 Å². The Morgan fingerprint density at radius 3 is 2.36 bits per heavy atom. The Kier molecular flexibility index (Phi) is 7.06. The first-order chi connectivity index (χ1) is 13.2. The molecule has 6 nitrogen and oxygen atoms in total. The summed E-state index contributed by atoms with van der Waals surface area (Å²) in [5, 5.41) is 14.8. The Labute approximate surface area is 162 Å². The van der Waals surface area contributed by atoms with Crippen LogP contribution in [-0.2, 0) is 28.7 Å². The minimum atomic E-state index is -3.28. The molecule has 0 aliphatic carbocycles. The number of nitrogens with one attached hydrogen (secondary N) is 2. The van der Waals surface area contributed by atoms with Crippen LogP contribution in [0.1, 0.15) is 22.3 Å². The van der Waals surface area contributed by atoms with E-state index in [0.717, 1.165) is 6.26 Å². The number of guanidine groups is 1. The maximum atomic E-state index is 13.9. The molecule has 148 valence electrons. The molecule has 2 aromatic rings. The number of sulfone groups is 1. The van der Waals surface area contributed by atoms with Gasteiger partial charge in [0.15, 0.2) is 15.8 Å². The molecule has 0 atom stereocenters. The van der Waals surface area contributed by atoms with Crippen molar-refractivity contribution in [2.45, 2.75) is 18.8 Å². The summed E-state index contributed by atoms with van der Waals surface area (Å²) in [6, 6.07) is 9.90. The van der Waals surface area contributed by atoms with E-state index in [9.17, 15) is 17.2 Å². The third-order valence-electron chi connectivity index (χ3n) is 3.88. The fourth-order valence-corrected chi connectivity index (χ4v) is 3.39. The number of nitrogens with zero attached hydrogens (tertiary/aromatic N) is 2. The van der Waals surface area contributed by atoms with E-state index >= 15 is 0 Å². The Hall–Kier alpha value is -2.99. The summed E-state index contributed by atoms with van der Waals surface area (Å²) in [6.07, 6.45) is 1.11. The first kappa shape index (κ1) is 21.3. The second-order valence-corrected chi connectivity index (χ2v) is 8.32. The van der Waals surface area contributed by atoms with Gasteiger partial charge in [-0.1, -0.05) is 6.07 Å². The number of benzene rings is 2. The zero-order valence-corrected chi connectivity index (χ0v) is 16.3. The number of rotatable bonds is 6. The topological polar surface area (TPSA) is 94.3 Å². The lowest BCUT2D eigenvalue weighted by molar-refractivity contribution is 0.599. The van der Waals surface area contributed by atoms with Gasteiger partial charge in [0.25, 0.3) is 0 Å². The maximum Gasteiger partial charge on any atom is 0.191 e. The largest absolute Gasteiger partial charge is 0.352 e. The SMILES string of the molecule is CN=C(NCc1cc(C#N)ccc1F)NCc1cc(F)ccc1CS(C)(=O)=O. The molecular formula is C19H20F2N4O2S. The molecule has 0 saturated carbocycles. The van der Waals surface area contributed by atoms with E-state index in [0.29, 0.717) is 28.2 Å². The molecule has 0 saturated heterocycles. The van der Waals surface area contributed by atoms with E-state index in [4.69, 9.17) is 5.26 Å². The van der Waals surface area contributed by atoms with E-state index in [1.54, 1.807) is 0 Å². The van der Waals surface area contributed by atoms with Gasteiger partial charge in [0.2, 0.25) is 0 Å². The molecule has 0 bridgehead atoms. The van der Waals surface area contributed by atoms with Crippen molar-refractivity contribution >= 4 is 15.8 Å². The van der Waals surface area contributed by atoms with Gasteiger partial charge in [-0.3, -0.25) is 4.99 Å². The normalized spacial score (nSPS) is 11.8. The van der Waals surface area contributed by atoms with Crippen LogP contribution >= 0.6 is 0 Å². The smallest absolute Gasteiger partial charge is 0.191 e. The molecule has 2 N–H and O–H groups in total. The maximum absolute atomic E-state index is 13.9. The van der Waals surface area contributed by atoms with Crippen LogP contribution in [0.5, 0.6) is 0 Å². The van der Waals surface area contributed by atoms with E-state index < -0.39 is 21.5 Å². The second kappa shape index (κ2) is 9.28. The van der Waals surface area contributed by atoms with Crippen molar-refractivity contribution in [2.75, 3.05) is 13.3 Å². The van der Waals surface area contributed by atoms with E-state index in [1.165, 1.54) is 43.4 Å². The quantitative estimate of drug-likeness (QED) is 0.567. The monoisotopic (exact) mass is 406 g/mol. The standard InChI is InChI=1S/C19H20F2N4O2S/c1-23-19(25-11-16-7-13(9-22)3-6-18(16)21)24-10-15-8-17(20)5-4-14(15)12-28(2,26)27/h3-8H,10-12H2,1-2H3,(H2,23,24,25). The van der Waals surface area contributed by atoms with Crippen molar-refractivity contribution in [3.63, 3.8) is 0 Å². The minimum Gasteiger partial charge on any atom is -0.352 e. The fourth-order valence-electron chi connectivity index (χ4n) is 2.54. The summed E-state index contributed by atoms with van der Waals surface area (Å²) in [4.78, 5) is 4.01. The van der Waals surface area contributed by atoms with E-state index in [-0.39, 0.29) is 18.8 Å². The van der Waals surface area contributed by atoms with Crippen LogP contribution in [0.4, 0.5) is 8.78 Å². The summed E-state index contributed by atoms with van der Waals surface area (Å²) in [6.45, 7) is 0.212. The molecule has 0 spiro atoms. The van der Waals surface area contributed by atoms with Gasteiger partial charge in [0, 0.05) is 32.0 Å². The Bertz CT molecular complexity index is 1030. The van der Waals surface area contributed by atoms with Crippen molar-refractivity contribution in [1.82, 2.24) is 10.6 Å². The Balaban J connectivity index is 2.07. The number of hydrogen-bond donors (Lipinski definition) is 2. The van der Waals surface area contributed by atoms with Crippen LogP contribution in [0.15, 0.2) is 41.4 Å². The number of nitriles is 1. The molecule has 0 unspecified atom stereocenters. The van der Waals surface area contributed by atoms with Gasteiger partial charge in [-0.25, -0.2) is 17.2 Å². The molecule has 9 heteroatoms. The lowest BCUT2D eigenvalue weighted by Crippen LogP contribution is -2.36. The lowest BCUT2D eigenvalue weighted by atomic mass is 10.1. The summed E-state index contributed by atoms with van der Waals surface area (Å²) in [7, 11) is -1.76. The molecule has 0 heterocycles. The number of halogens is 2. The lowest BCUT2D eigenvalue weighted by Gasteiger charge is -2.14. The summed E-state index contributed by atoms with van der Waals surface area (Å²) in [5.41, 5.74) is 1.60. The molecule has 2 rings (SSSR count). The average Bonchev–Trinajstić information content (AvgIpc) is 2.64. The Morgan fingerprint density at radius 1 is 1.07 bits per heavy atom.